The Balaban J connectivity index is 2.18. The van der Waals surface area contributed by atoms with E-state index in [1.807, 2.05) is 44.2 Å². The van der Waals surface area contributed by atoms with Gasteiger partial charge in [0.05, 0.1) is 6.61 Å². The average molecular weight is 273 g/mol. The SMILES string of the molecule is CCNc1nc(C)cc(Oc2cccc(COC)c2)n1. The van der Waals surface area contributed by atoms with Gasteiger partial charge in [-0.2, -0.15) is 4.98 Å². The number of hydrogen-bond acceptors (Lipinski definition) is 5. The average Bonchev–Trinajstić information content (AvgIpc) is 2.39. The maximum atomic E-state index is 5.79. The van der Waals surface area contributed by atoms with Gasteiger partial charge in [0.15, 0.2) is 0 Å². The lowest BCUT2D eigenvalue weighted by molar-refractivity contribution is 0.184. The van der Waals surface area contributed by atoms with Gasteiger partial charge in [-0.1, -0.05) is 12.1 Å². The summed E-state index contributed by atoms with van der Waals surface area (Å²) in [5.74, 6) is 1.85. The Morgan fingerprint density at radius 3 is 2.80 bits per heavy atom. The van der Waals surface area contributed by atoms with Gasteiger partial charge in [-0.15, -0.1) is 0 Å². The molecule has 0 fully saturated rings. The molecule has 1 aromatic carbocycles. The van der Waals surface area contributed by atoms with Crippen molar-refractivity contribution in [2.45, 2.75) is 20.5 Å². The summed E-state index contributed by atoms with van der Waals surface area (Å²) in [7, 11) is 1.67. The lowest BCUT2D eigenvalue weighted by Crippen LogP contribution is -2.04. The molecule has 0 aliphatic heterocycles. The second kappa shape index (κ2) is 6.86. The van der Waals surface area contributed by atoms with Gasteiger partial charge in [-0.05, 0) is 31.5 Å². The highest BCUT2D eigenvalue weighted by atomic mass is 16.5. The largest absolute Gasteiger partial charge is 0.439 e. The van der Waals surface area contributed by atoms with Gasteiger partial charge in [0.2, 0.25) is 11.8 Å². The third-order valence-corrected chi connectivity index (χ3v) is 2.60. The molecule has 0 amide bonds. The minimum Gasteiger partial charge on any atom is -0.439 e. The Morgan fingerprint density at radius 1 is 1.20 bits per heavy atom. The van der Waals surface area contributed by atoms with Crippen LogP contribution < -0.4 is 10.1 Å². The van der Waals surface area contributed by atoms with Crippen LogP contribution in [0.5, 0.6) is 11.6 Å². The molecule has 106 valence electrons. The van der Waals surface area contributed by atoms with E-state index >= 15 is 0 Å². The minimum atomic E-state index is 0.531. The molecule has 5 heteroatoms. The summed E-state index contributed by atoms with van der Waals surface area (Å²) in [6.45, 7) is 5.24. The van der Waals surface area contributed by atoms with Crippen LogP contribution in [-0.2, 0) is 11.3 Å². The molecule has 0 radical (unpaired) electrons. The van der Waals surface area contributed by atoms with Crippen LogP contribution in [0.3, 0.4) is 0 Å². The molecule has 1 heterocycles. The molecule has 0 saturated heterocycles. The number of aromatic nitrogens is 2. The summed E-state index contributed by atoms with van der Waals surface area (Å²) in [4.78, 5) is 8.61. The van der Waals surface area contributed by atoms with Crippen LogP contribution in [0.2, 0.25) is 0 Å². The van der Waals surface area contributed by atoms with Crippen LogP contribution in [-0.4, -0.2) is 23.6 Å². The van der Waals surface area contributed by atoms with E-state index in [0.29, 0.717) is 18.4 Å². The summed E-state index contributed by atoms with van der Waals surface area (Å²) >= 11 is 0. The maximum absolute atomic E-state index is 5.79. The van der Waals surface area contributed by atoms with Gasteiger partial charge in [-0.25, -0.2) is 4.98 Å². The van der Waals surface area contributed by atoms with Crippen molar-refractivity contribution in [3.63, 3.8) is 0 Å². The predicted molar refractivity (Wildman–Crippen MR) is 78.2 cm³/mol. The van der Waals surface area contributed by atoms with Crippen LogP contribution in [0.15, 0.2) is 30.3 Å². The molecule has 0 spiro atoms. The van der Waals surface area contributed by atoms with Crippen molar-refractivity contribution >= 4 is 5.95 Å². The van der Waals surface area contributed by atoms with Crippen molar-refractivity contribution in [2.24, 2.45) is 0 Å². The van der Waals surface area contributed by atoms with Gasteiger partial charge in [-0.3, -0.25) is 0 Å². The first-order valence-electron chi connectivity index (χ1n) is 6.56. The topological polar surface area (TPSA) is 56.3 Å². The third-order valence-electron chi connectivity index (χ3n) is 2.60. The molecule has 1 N–H and O–H groups in total. The summed E-state index contributed by atoms with van der Waals surface area (Å²) in [5.41, 5.74) is 1.92. The zero-order valence-corrected chi connectivity index (χ0v) is 12.0. The summed E-state index contributed by atoms with van der Waals surface area (Å²) < 4.78 is 10.9. The molecule has 20 heavy (non-hydrogen) atoms. The highest BCUT2D eigenvalue weighted by molar-refractivity contribution is 5.35. The van der Waals surface area contributed by atoms with Gasteiger partial charge in [0, 0.05) is 25.4 Å². The molecule has 0 atom stereocenters. The van der Waals surface area contributed by atoms with Crippen molar-refractivity contribution in [3.05, 3.63) is 41.6 Å². The first-order valence-corrected chi connectivity index (χ1v) is 6.56. The molecule has 0 unspecified atom stereocenters. The van der Waals surface area contributed by atoms with E-state index in [4.69, 9.17) is 9.47 Å². The molecule has 2 aromatic rings. The van der Waals surface area contributed by atoms with E-state index in [0.717, 1.165) is 23.6 Å². The lowest BCUT2D eigenvalue weighted by atomic mass is 10.2. The van der Waals surface area contributed by atoms with Crippen molar-refractivity contribution in [3.8, 4) is 11.6 Å². The van der Waals surface area contributed by atoms with Crippen molar-refractivity contribution in [1.29, 1.82) is 0 Å². The summed E-state index contributed by atoms with van der Waals surface area (Å²) in [6.07, 6.45) is 0. The smallest absolute Gasteiger partial charge is 0.226 e. The first-order chi connectivity index (χ1) is 9.71. The number of benzene rings is 1. The second-order valence-corrected chi connectivity index (χ2v) is 4.38. The molecule has 0 aliphatic carbocycles. The van der Waals surface area contributed by atoms with Crippen LogP contribution in [0.4, 0.5) is 5.95 Å². The Morgan fingerprint density at radius 2 is 2.05 bits per heavy atom. The second-order valence-electron chi connectivity index (χ2n) is 4.38. The molecule has 0 aliphatic rings. The van der Waals surface area contributed by atoms with E-state index in [1.165, 1.54) is 0 Å². The Kier molecular flexibility index (Phi) is 4.90. The number of nitrogens with zero attached hydrogens (tertiary/aromatic N) is 2. The fourth-order valence-corrected chi connectivity index (χ4v) is 1.82. The van der Waals surface area contributed by atoms with Crippen LogP contribution >= 0.6 is 0 Å². The normalized spacial score (nSPS) is 10.3. The zero-order chi connectivity index (χ0) is 14.4. The number of hydrogen-bond donors (Lipinski definition) is 1. The van der Waals surface area contributed by atoms with Crippen molar-refractivity contribution in [1.82, 2.24) is 9.97 Å². The van der Waals surface area contributed by atoms with Gasteiger partial charge in [0.1, 0.15) is 5.75 Å². The van der Waals surface area contributed by atoms with Gasteiger partial charge < -0.3 is 14.8 Å². The molecule has 0 bridgehead atoms. The van der Waals surface area contributed by atoms with E-state index in [9.17, 15) is 0 Å². The number of ether oxygens (including phenoxy) is 2. The molecule has 1 aromatic heterocycles. The van der Waals surface area contributed by atoms with Crippen molar-refractivity contribution in [2.75, 3.05) is 19.0 Å². The predicted octanol–water partition coefficient (Wildman–Crippen LogP) is 3.16. The van der Waals surface area contributed by atoms with Crippen molar-refractivity contribution < 1.29 is 9.47 Å². The quantitative estimate of drug-likeness (QED) is 0.876. The number of rotatable bonds is 6. The zero-order valence-electron chi connectivity index (χ0n) is 12.0. The summed E-state index contributed by atoms with van der Waals surface area (Å²) in [5, 5.41) is 3.08. The number of aryl methyl sites for hydroxylation is 1. The van der Waals surface area contributed by atoms with E-state index in [-0.39, 0.29) is 0 Å². The molecule has 2 rings (SSSR count). The lowest BCUT2D eigenvalue weighted by Gasteiger charge is -2.09. The van der Waals surface area contributed by atoms with Crippen LogP contribution in [0.1, 0.15) is 18.2 Å². The minimum absolute atomic E-state index is 0.531. The highest BCUT2D eigenvalue weighted by Gasteiger charge is 2.04. The Labute approximate surface area is 119 Å². The molecule has 0 saturated carbocycles. The third kappa shape index (κ3) is 3.93. The van der Waals surface area contributed by atoms with Crippen LogP contribution in [0.25, 0.3) is 0 Å². The molecular formula is C15H19N3O2. The number of nitrogens with one attached hydrogen (secondary N) is 1. The monoisotopic (exact) mass is 273 g/mol. The van der Waals surface area contributed by atoms with E-state index in [1.54, 1.807) is 7.11 Å². The molecular weight excluding hydrogens is 254 g/mol. The maximum Gasteiger partial charge on any atom is 0.226 e. The number of anilines is 1. The fourth-order valence-electron chi connectivity index (χ4n) is 1.82. The van der Waals surface area contributed by atoms with E-state index < -0.39 is 0 Å². The summed E-state index contributed by atoms with van der Waals surface area (Å²) in [6, 6.07) is 9.57. The highest BCUT2D eigenvalue weighted by Crippen LogP contribution is 2.22. The Hall–Kier alpha value is -2.14. The van der Waals surface area contributed by atoms with Gasteiger partial charge >= 0.3 is 0 Å². The standard InChI is InChI=1S/C15H19N3O2/c1-4-16-15-17-11(2)8-14(18-15)20-13-7-5-6-12(9-13)10-19-3/h5-9H,4,10H2,1-3H3,(H,16,17,18). The first kappa shape index (κ1) is 14.3. The van der Waals surface area contributed by atoms with Crippen LogP contribution in [0, 0.1) is 6.92 Å². The van der Waals surface area contributed by atoms with E-state index in [2.05, 4.69) is 15.3 Å². The fraction of sp³-hybridized carbons (Fsp3) is 0.333. The molecule has 5 nitrogen and oxygen atoms in total. The Bertz CT molecular complexity index is 573. The van der Waals surface area contributed by atoms with Gasteiger partial charge in [0.25, 0.3) is 0 Å². The number of methoxy groups -OCH3 is 1.